The summed E-state index contributed by atoms with van der Waals surface area (Å²) < 4.78 is 10.2. The molecule has 0 aliphatic heterocycles. The second kappa shape index (κ2) is 7.99. The fraction of sp³-hybridized carbons (Fsp3) is 0.556. The molecule has 0 bridgehead atoms. The summed E-state index contributed by atoms with van der Waals surface area (Å²) in [5.41, 5.74) is 0.372. The Morgan fingerprint density at radius 2 is 2.04 bits per heavy atom. The van der Waals surface area contributed by atoms with Crippen molar-refractivity contribution in [2.75, 3.05) is 13.7 Å². The molecule has 1 aliphatic rings. The predicted molar refractivity (Wildman–Crippen MR) is 87.4 cm³/mol. The van der Waals surface area contributed by atoms with Crippen LogP contribution in [-0.4, -0.2) is 31.6 Å². The molecule has 2 rings (SSSR count). The van der Waals surface area contributed by atoms with E-state index in [9.17, 15) is 9.59 Å². The van der Waals surface area contributed by atoms with Crippen molar-refractivity contribution >= 4 is 11.9 Å². The number of carbonyl (C=O) groups is 2. The van der Waals surface area contributed by atoms with Gasteiger partial charge in [-0.15, -0.1) is 0 Å². The second-order valence-electron chi connectivity index (χ2n) is 6.25. The summed E-state index contributed by atoms with van der Waals surface area (Å²) in [6.45, 7) is 4.12. The third kappa shape index (κ3) is 4.71. The molecule has 23 heavy (non-hydrogen) atoms. The summed E-state index contributed by atoms with van der Waals surface area (Å²) in [4.78, 5) is 24.0. The molecule has 5 heteroatoms. The van der Waals surface area contributed by atoms with E-state index in [-0.39, 0.29) is 18.6 Å². The first kappa shape index (κ1) is 17.3. The Kier molecular flexibility index (Phi) is 6.02. The van der Waals surface area contributed by atoms with Crippen LogP contribution >= 0.6 is 0 Å². The van der Waals surface area contributed by atoms with Crippen molar-refractivity contribution in [3.05, 3.63) is 29.8 Å². The fourth-order valence-corrected chi connectivity index (χ4v) is 3.00. The van der Waals surface area contributed by atoms with Gasteiger partial charge in [0, 0.05) is 6.04 Å². The van der Waals surface area contributed by atoms with Gasteiger partial charge in [0.25, 0.3) is 5.91 Å². The molecule has 0 spiro atoms. The minimum Gasteiger partial charge on any atom is -0.497 e. The van der Waals surface area contributed by atoms with Crippen LogP contribution in [0.15, 0.2) is 24.3 Å². The number of nitrogens with one attached hydrogen (secondary N) is 1. The first-order valence-electron chi connectivity index (χ1n) is 8.11. The predicted octanol–water partition coefficient (Wildman–Crippen LogP) is 2.79. The molecule has 1 fully saturated rings. The van der Waals surface area contributed by atoms with Gasteiger partial charge in [-0.05, 0) is 36.5 Å². The van der Waals surface area contributed by atoms with Crippen molar-refractivity contribution in [2.45, 2.75) is 39.2 Å². The summed E-state index contributed by atoms with van der Waals surface area (Å²) in [7, 11) is 1.53. The van der Waals surface area contributed by atoms with E-state index in [1.807, 2.05) is 0 Å². The smallest absolute Gasteiger partial charge is 0.338 e. The van der Waals surface area contributed by atoms with Crippen molar-refractivity contribution in [3.8, 4) is 5.75 Å². The number of ether oxygens (including phenoxy) is 2. The molecule has 0 unspecified atom stereocenters. The van der Waals surface area contributed by atoms with Gasteiger partial charge in [0.15, 0.2) is 6.61 Å². The number of hydrogen-bond acceptors (Lipinski definition) is 4. The lowest BCUT2D eigenvalue weighted by Gasteiger charge is -2.34. The Labute approximate surface area is 137 Å². The van der Waals surface area contributed by atoms with E-state index in [1.54, 1.807) is 24.3 Å². The SMILES string of the molecule is COc1cccc(C(=O)OCC(=O)N[C@@H]2CCC[C@H](C)[C@H]2C)c1. The quantitative estimate of drug-likeness (QED) is 0.848. The minimum atomic E-state index is -0.524. The molecule has 0 heterocycles. The maximum absolute atomic E-state index is 12.0. The van der Waals surface area contributed by atoms with E-state index >= 15 is 0 Å². The van der Waals surface area contributed by atoms with Gasteiger partial charge in [0.05, 0.1) is 12.7 Å². The lowest BCUT2D eigenvalue weighted by molar-refractivity contribution is -0.125. The number of carbonyl (C=O) groups excluding carboxylic acids is 2. The van der Waals surface area contributed by atoms with E-state index < -0.39 is 5.97 Å². The van der Waals surface area contributed by atoms with Crippen molar-refractivity contribution in [2.24, 2.45) is 11.8 Å². The summed E-state index contributed by atoms with van der Waals surface area (Å²) >= 11 is 0. The van der Waals surface area contributed by atoms with Crippen molar-refractivity contribution < 1.29 is 19.1 Å². The molecule has 1 aromatic carbocycles. The number of methoxy groups -OCH3 is 1. The molecule has 0 radical (unpaired) electrons. The molecule has 126 valence electrons. The fourth-order valence-electron chi connectivity index (χ4n) is 3.00. The van der Waals surface area contributed by atoms with Crippen LogP contribution in [-0.2, 0) is 9.53 Å². The van der Waals surface area contributed by atoms with Crippen molar-refractivity contribution in [1.82, 2.24) is 5.32 Å². The Balaban J connectivity index is 1.82. The van der Waals surface area contributed by atoms with Gasteiger partial charge in [0.1, 0.15) is 5.75 Å². The highest BCUT2D eigenvalue weighted by molar-refractivity contribution is 5.91. The average molecular weight is 319 g/mol. The molecule has 1 amide bonds. The standard InChI is InChI=1S/C18H25NO4/c1-12-6-4-9-16(13(12)2)19-17(20)11-23-18(21)14-7-5-8-15(10-14)22-3/h5,7-8,10,12-13,16H,4,6,9,11H2,1-3H3,(H,19,20)/t12-,13+,16+/m0/s1. The topological polar surface area (TPSA) is 64.6 Å². The monoisotopic (exact) mass is 319 g/mol. The van der Waals surface area contributed by atoms with Gasteiger partial charge >= 0.3 is 5.97 Å². The summed E-state index contributed by atoms with van der Waals surface area (Å²) in [6.07, 6.45) is 3.32. The van der Waals surface area contributed by atoms with Crippen molar-refractivity contribution in [3.63, 3.8) is 0 Å². The van der Waals surface area contributed by atoms with Crippen LogP contribution in [0.3, 0.4) is 0 Å². The maximum Gasteiger partial charge on any atom is 0.338 e. The van der Waals surface area contributed by atoms with Crippen LogP contribution in [0.5, 0.6) is 5.75 Å². The minimum absolute atomic E-state index is 0.168. The van der Waals surface area contributed by atoms with Gasteiger partial charge in [-0.1, -0.05) is 32.8 Å². The van der Waals surface area contributed by atoms with Gasteiger partial charge in [-0.25, -0.2) is 4.79 Å². The number of rotatable bonds is 5. The van der Waals surface area contributed by atoms with E-state index in [1.165, 1.54) is 13.5 Å². The zero-order chi connectivity index (χ0) is 16.8. The van der Waals surface area contributed by atoms with Crippen LogP contribution in [0, 0.1) is 11.8 Å². The largest absolute Gasteiger partial charge is 0.497 e. The summed E-state index contributed by atoms with van der Waals surface area (Å²) in [5, 5.41) is 2.99. The Morgan fingerprint density at radius 3 is 2.78 bits per heavy atom. The third-order valence-corrected chi connectivity index (χ3v) is 4.69. The zero-order valence-electron chi connectivity index (χ0n) is 14.0. The summed E-state index contributed by atoms with van der Waals surface area (Å²) in [6, 6.07) is 6.84. The van der Waals surface area contributed by atoms with E-state index in [2.05, 4.69) is 19.2 Å². The molecular weight excluding hydrogens is 294 g/mol. The lowest BCUT2D eigenvalue weighted by atomic mass is 9.78. The van der Waals surface area contributed by atoms with Crippen LogP contribution < -0.4 is 10.1 Å². The number of hydrogen-bond donors (Lipinski definition) is 1. The van der Waals surface area contributed by atoms with Gasteiger partial charge in [-0.2, -0.15) is 0 Å². The number of esters is 1. The maximum atomic E-state index is 12.0. The first-order valence-corrected chi connectivity index (χ1v) is 8.11. The molecular formula is C18H25NO4. The van der Waals surface area contributed by atoms with Gasteiger partial charge in [-0.3, -0.25) is 4.79 Å². The molecule has 1 aliphatic carbocycles. The lowest BCUT2D eigenvalue weighted by Crippen LogP contribution is -2.45. The molecule has 1 aromatic rings. The van der Waals surface area contributed by atoms with Crippen LogP contribution in [0.4, 0.5) is 0 Å². The Bertz CT molecular complexity index is 558. The first-order chi connectivity index (χ1) is 11.0. The van der Waals surface area contributed by atoms with Crippen LogP contribution in [0.1, 0.15) is 43.5 Å². The molecule has 5 nitrogen and oxygen atoms in total. The van der Waals surface area contributed by atoms with Crippen molar-refractivity contribution in [1.29, 1.82) is 0 Å². The molecule has 1 N–H and O–H groups in total. The second-order valence-corrected chi connectivity index (χ2v) is 6.25. The highest BCUT2D eigenvalue weighted by Crippen LogP contribution is 2.29. The van der Waals surface area contributed by atoms with Gasteiger partial charge < -0.3 is 14.8 Å². The van der Waals surface area contributed by atoms with E-state index in [4.69, 9.17) is 9.47 Å². The highest BCUT2D eigenvalue weighted by atomic mass is 16.5. The highest BCUT2D eigenvalue weighted by Gasteiger charge is 2.28. The number of amides is 1. The zero-order valence-corrected chi connectivity index (χ0v) is 14.0. The molecule has 3 atom stereocenters. The van der Waals surface area contributed by atoms with Gasteiger partial charge in [0.2, 0.25) is 0 Å². The van der Waals surface area contributed by atoms with E-state index in [0.717, 1.165) is 12.8 Å². The van der Waals surface area contributed by atoms with E-state index in [0.29, 0.717) is 23.1 Å². The summed E-state index contributed by atoms with van der Waals surface area (Å²) in [5.74, 6) is 0.861. The molecule has 0 aromatic heterocycles. The van der Waals surface area contributed by atoms with Crippen LogP contribution in [0.2, 0.25) is 0 Å². The Hall–Kier alpha value is -2.04. The molecule has 0 saturated heterocycles. The Morgan fingerprint density at radius 1 is 1.26 bits per heavy atom. The normalized spacial score (nSPS) is 23.9. The average Bonchev–Trinajstić information content (AvgIpc) is 2.57. The molecule has 1 saturated carbocycles. The van der Waals surface area contributed by atoms with Crippen LogP contribution in [0.25, 0.3) is 0 Å². The number of benzene rings is 1. The third-order valence-electron chi connectivity index (χ3n) is 4.69.